The molecule has 9 aromatic carbocycles. The van der Waals surface area contributed by atoms with Gasteiger partial charge >= 0.3 is 0 Å². The van der Waals surface area contributed by atoms with Crippen molar-refractivity contribution < 1.29 is 30.2 Å². The van der Waals surface area contributed by atoms with Gasteiger partial charge in [-0.1, -0.05) is 184 Å². The Hall–Kier alpha value is -8.79. The van der Waals surface area contributed by atoms with Gasteiger partial charge in [-0.3, -0.25) is 0 Å². The van der Waals surface area contributed by atoms with E-state index in [1.54, 1.807) is 18.6 Å². The predicted octanol–water partition coefficient (Wildman–Crippen LogP) is 24.5. The van der Waals surface area contributed by atoms with E-state index in [2.05, 4.69) is 154 Å². The molecule has 0 amide bonds. The molecule has 3 atom stereocenters. The van der Waals surface area contributed by atoms with E-state index in [-0.39, 0.29) is 5.89 Å². The molecule has 101 heavy (non-hydrogen) atoms. The molecular formula is C98H106N3+3. The van der Waals surface area contributed by atoms with Crippen LogP contribution in [0.1, 0.15) is 193 Å². The minimum atomic E-state index is -2.23. The molecule has 3 heteroatoms. The SMILES string of the molecule is [2H]C([2H])([2H])c1c[n+](C)c(-c2ccccc2C)cc1-c1ccc2cc(C3([2H])CC4CC(C4)C3)ccc2c1.[2H]C([2H])([2H])c1c[n+](C)c(-c2ccccc2C)cc1-c1ccc2cc(C3([2H])CC4CCC3C4)ccc2c1.[2H]C([2H])([2H])c1c[n+](C)c(-c2ccccc2C)cc1-c1ccc2cc(C3CCC(C4([2H])CCCCC4)CC3)ccc2c1. The third-order valence-corrected chi connectivity index (χ3v) is 24.6. The minimum absolute atomic E-state index is 0.176. The molecule has 510 valence electrons. The van der Waals surface area contributed by atoms with Gasteiger partial charge in [-0.05, 0) is 301 Å². The molecule has 3 aromatic heterocycles. The maximum atomic E-state index is 9.24. The fourth-order valence-electron chi connectivity index (χ4n) is 18.9. The summed E-state index contributed by atoms with van der Waals surface area (Å²) in [5.41, 5.74) is 19.4. The van der Waals surface area contributed by atoms with Gasteiger partial charge < -0.3 is 0 Å². The second-order valence-electron chi connectivity index (χ2n) is 31.2. The van der Waals surface area contributed by atoms with Gasteiger partial charge in [0.15, 0.2) is 18.6 Å². The highest BCUT2D eigenvalue weighted by molar-refractivity contribution is 5.91. The molecular weight excluding hydrogens is 1220 g/mol. The van der Waals surface area contributed by atoms with E-state index in [0.717, 1.165) is 166 Å². The van der Waals surface area contributed by atoms with Crippen LogP contribution < -0.4 is 13.7 Å². The summed E-state index contributed by atoms with van der Waals surface area (Å²) in [5, 5.41) is 6.70. The Bertz CT molecular complexity index is 5610. The van der Waals surface area contributed by atoms with E-state index >= 15 is 0 Å². The van der Waals surface area contributed by atoms with Gasteiger partial charge in [0.25, 0.3) is 0 Å². The van der Waals surface area contributed by atoms with E-state index in [1.165, 1.54) is 88.0 Å². The molecule has 7 fully saturated rings. The summed E-state index contributed by atoms with van der Waals surface area (Å²) in [4.78, 5) is 0. The summed E-state index contributed by atoms with van der Waals surface area (Å²) in [6.07, 6.45) is 25.2. The third-order valence-electron chi connectivity index (χ3n) is 24.6. The lowest BCUT2D eigenvalue weighted by Crippen LogP contribution is -2.32. The molecule has 7 aliphatic carbocycles. The van der Waals surface area contributed by atoms with E-state index in [1.807, 2.05) is 102 Å². The van der Waals surface area contributed by atoms with Crippen LogP contribution in [0.4, 0.5) is 0 Å². The summed E-state index contributed by atoms with van der Waals surface area (Å²) >= 11 is 0. The van der Waals surface area contributed by atoms with Crippen LogP contribution in [0.15, 0.2) is 219 Å². The average Bonchev–Trinajstić information content (AvgIpc) is 1.72. The molecule has 0 radical (unpaired) electrons. The van der Waals surface area contributed by atoms with Gasteiger partial charge in [0.1, 0.15) is 21.1 Å². The van der Waals surface area contributed by atoms with E-state index < -0.39 is 32.3 Å². The summed E-state index contributed by atoms with van der Waals surface area (Å²) in [6, 6.07) is 69.3. The Balaban J connectivity index is 0.000000128. The van der Waals surface area contributed by atoms with Crippen molar-refractivity contribution in [2.24, 2.45) is 56.6 Å². The largest absolute Gasteiger partial charge is 0.213 e. The second-order valence-corrected chi connectivity index (χ2v) is 31.2. The molecule has 19 rings (SSSR count). The van der Waals surface area contributed by atoms with Crippen molar-refractivity contribution >= 4 is 32.3 Å². The fraction of sp³-hybridized carbons (Fsp3) is 0.357. The molecule has 7 saturated carbocycles. The molecule has 7 aliphatic rings. The molecule has 0 spiro atoms. The number of pyridine rings is 3. The van der Waals surface area contributed by atoms with Crippen LogP contribution in [-0.4, -0.2) is 0 Å². The molecule has 0 aliphatic heterocycles. The zero-order chi connectivity index (χ0) is 79.3. The highest BCUT2D eigenvalue weighted by Crippen LogP contribution is 2.54. The third kappa shape index (κ3) is 13.8. The Morgan fingerprint density at radius 2 is 0.713 bits per heavy atom. The first-order valence-corrected chi connectivity index (χ1v) is 37.8. The Labute approximate surface area is 620 Å². The van der Waals surface area contributed by atoms with Crippen LogP contribution in [0.2, 0.25) is 0 Å². The summed E-state index contributed by atoms with van der Waals surface area (Å²) in [7, 11) is 5.75. The van der Waals surface area contributed by atoms with Gasteiger partial charge in [0.05, 0.1) is 0 Å². The summed E-state index contributed by atoms with van der Waals surface area (Å²) in [5.74, 6) is 2.66. The van der Waals surface area contributed by atoms with Crippen molar-refractivity contribution in [3.63, 3.8) is 0 Å². The predicted molar refractivity (Wildman–Crippen MR) is 424 cm³/mol. The maximum Gasteiger partial charge on any atom is 0.213 e. The van der Waals surface area contributed by atoms with Crippen molar-refractivity contribution in [1.82, 2.24) is 0 Å². The van der Waals surface area contributed by atoms with Crippen LogP contribution in [0.25, 0.3) is 99.5 Å². The Morgan fingerprint density at radius 1 is 0.317 bits per heavy atom. The van der Waals surface area contributed by atoms with Crippen LogP contribution >= 0.6 is 0 Å². The fourth-order valence-corrected chi connectivity index (χ4v) is 18.9. The first-order chi connectivity index (χ1) is 53.9. The molecule has 0 saturated heterocycles. The highest BCUT2D eigenvalue weighted by Gasteiger charge is 2.41. The summed E-state index contributed by atoms with van der Waals surface area (Å²) in [6.45, 7) is -0.423. The van der Waals surface area contributed by atoms with Crippen LogP contribution in [0, 0.1) is 76.8 Å². The first kappa shape index (κ1) is 54.0. The average molecular weight is 1340 g/mol. The minimum Gasteiger partial charge on any atom is -0.201 e. The molecule has 4 bridgehead atoms. The quantitative estimate of drug-likeness (QED) is 0.121. The lowest BCUT2D eigenvalue weighted by molar-refractivity contribution is -0.660. The smallest absolute Gasteiger partial charge is 0.201 e. The molecule has 3 nitrogen and oxygen atoms in total. The number of hydrogen-bond donors (Lipinski definition) is 0. The van der Waals surface area contributed by atoms with E-state index in [0.29, 0.717) is 40.4 Å². The highest BCUT2D eigenvalue weighted by atomic mass is 14.9. The lowest BCUT2D eigenvalue weighted by atomic mass is 9.60. The molecule has 3 heterocycles. The van der Waals surface area contributed by atoms with Crippen molar-refractivity contribution in [3.05, 3.63) is 269 Å². The van der Waals surface area contributed by atoms with Gasteiger partial charge in [-0.2, -0.15) is 0 Å². The molecule has 3 unspecified atom stereocenters. The number of hydrogen-bond acceptors (Lipinski definition) is 0. The zero-order valence-corrected chi connectivity index (χ0v) is 60.1. The van der Waals surface area contributed by atoms with Gasteiger partial charge in [0, 0.05) is 68.0 Å². The number of rotatable bonds is 10. The summed E-state index contributed by atoms with van der Waals surface area (Å²) < 4.78 is 107. The van der Waals surface area contributed by atoms with Gasteiger partial charge in [-0.25, -0.2) is 13.7 Å². The first-order valence-electron chi connectivity index (χ1n) is 43.8. The zero-order valence-electron chi connectivity index (χ0n) is 72.1. The van der Waals surface area contributed by atoms with E-state index in [4.69, 9.17) is 15.1 Å². The number of benzene rings is 9. The van der Waals surface area contributed by atoms with Crippen LogP contribution in [-0.2, 0) is 21.1 Å². The lowest BCUT2D eigenvalue weighted by Gasteiger charge is -2.45. The Morgan fingerprint density at radius 3 is 1.14 bits per heavy atom. The Kier molecular flexibility index (Phi) is 15.3. The van der Waals surface area contributed by atoms with Crippen molar-refractivity contribution in [2.75, 3.05) is 0 Å². The van der Waals surface area contributed by atoms with Gasteiger partial charge in [0.2, 0.25) is 17.1 Å². The standard InChI is InChI=1S/C36H42N.2C31H32N/c1-25-9-7-8-12-34(25)36-23-35(26(2)24-37(36)3)33-20-19-31-21-30(17-18-32(31)22-33)29-15-13-28(14-16-29)27-10-5-4-6-11-27;1-20-6-4-5-7-28(20)31-18-29(21(2)19-32(31)3)26-12-10-24-17-27(13-11-23(24)16-26)30-15-22-8-9-25(30)14-22;1-20-6-4-5-7-29(20)31-18-30(21(2)19-32(31)3)27-11-10-24-16-26(9-8-25(24)17-27)28-14-22-12-23(13-22)15-28/h7-9,12,17-24,27-29H,4-6,10-11,13-16H2,1-3H3;4-7,10-13,16-19,22,25,30H,8-9,14-15H2,1-3H3;4-11,16-19,22-23,28H,12-15H2,1-3H3/q3*+1/i2D3,27D;2D3,30D;2D3,28D. The topological polar surface area (TPSA) is 11.6 Å². The molecule has 0 N–H and O–H groups in total. The molecule has 12 aromatic rings. The van der Waals surface area contributed by atoms with Crippen molar-refractivity contribution in [1.29, 1.82) is 0 Å². The van der Waals surface area contributed by atoms with E-state index in [9.17, 15) is 1.37 Å². The van der Waals surface area contributed by atoms with Crippen LogP contribution in [0.3, 0.4) is 0 Å². The monoisotopic (exact) mass is 1340 g/mol. The normalized spacial score (nSPS) is 25.5. The maximum absolute atomic E-state index is 9.24. The van der Waals surface area contributed by atoms with Crippen LogP contribution in [0.5, 0.6) is 0 Å². The van der Waals surface area contributed by atoms with Crippen molar-refractivity contribution in [3.8, 4) is 67.2 Å². The number of nitrogens with zero attached hydrogens (tertiary/aromatic N) is 3. The number of aromatic nitrogens is 3. The number of aryl methyl sites for hydroxylation is 9. The number of fused-ring (bicyclic) bond motifs is 7. The van der Waals surface area contributed by atoms with Crippen molar-refractivity contribution in [2.45, 2.75) is 168 Å². The second kappa shape index (κ2) is 28.6. The van der Waals surface area contributed by atoms with Gasteiger partial charge in [-0.15, -0.1) is 0 Å².